The van der Waals surface area contributed by atoms with Gasteiger partial charge in [0, 0.05) is 21.6 Å². The number of rotatable bonds is 3. The van der Waals surface area contributed by atoms with Crippen molar-refractivity contribution in [1.29, 1.82) is 0 Å². The molecule has 106 valence electrons. The molecule has 5 heteroatoms. The first-order chi connectivity index (χ1) is 9.38. The van der Waals surface area contributed by atoms with Crippen LogP contribution in [0.15, 0.2) is 22.7 Å². The molecule has 0 aliphatic heterocycles. The molecule has 3 N–H and O–H groups in total. The Labute approximate surface area is 128 Å². The van der Waals surface area contributed by atoms with Gasteiger partial charge in [-0.05, 0) is 37.6 Å². The number of nitrogens with one attached hydrogen (secondary N) is 1. The summed E-state index contributed by atoms with van der Waals surface area (Å²) >= 11 is 3.50. The molecule has 20 heavy (non-hydrogen) atoms. The zero-order valence-corrected chi connectivity index (χ0v) is 13.7. The Morgan fingerprint density at radius 1 is 1.20 bits per heavy atom. The molecule has 0 bridgehead atoms. The van der Waals surface area contributed by atoms with Crippen molar-refractivity contribution >= 4 is 33.3 Å². The molecule has 0 saturated heterocycles. The van der Waals surface area contributed by atoms with Crippen LogP contribution in [-0.4, -0.2) is 9.97 Å². The number of anilines is 3. The third-order valence-corrected chi connectivity index (χ3v) is 4.03. The number of aryl methyl sites for hydroxylation is 1. The highest BCUT2D eigenvalue weighted by atomic mass is 79.9. The molecule has 0 unspecified atom stereocenters. The van der Waals surface area contributed by atoms with Crippen molar-refractivity contribution in [2.24, 2.45) is 0 Å². The van der Waals surface area contributed by atoms with Crippen LogP contribution >= 0.6 is 15.9 Å². The second-order valence-corrected chi connectivity index (χ2v) is 6.04. The molecule has 0 atom stereocenters. The van der Waals surface area contributed by atoms with E-state index >= 15 is 0 Å². The Hall–Kier alpha value is -1.62. The highest BCUT2D eigenvalue weighted by Gasteiger charge is 2.11. The lowest BCUT2D eigenvalue weighted by molar-refractivity contribution is 0.776. The van der Waals surface area contributed by atoms with Gasteiger partial charge in [-0.2, -0.15) is 0 Å². The second kappa shape index (κ2) is 5.79. The van der Waals surface area contributed by atoms with Gasteiger partial charge in [-0.25, -0.2) is 9.97 Å². The van der Waals surface area contributed by atoms with Crippen LogP contribution in [0.3, 0.4) is 0 Å². The van der Waals surface area contributed by atoms with Gasteiger partial charge in [0.1, 0.15) is 17.5 Å². The number of aromatic nitrogens is 2. The highest BCUT2D eigenvalue weighted by Crippen LogP contribution is 2.26. The maximum atomic E-state index is 5.97. The lowest BCUT2D eigenvalue weighted by Gasteiger charge is -2.14. The van der Waals surface area contributed by atoms with Gasteiger partial charge in [0.2, 0.25) is 0 Å². The first kappa shape index (κ1) is 14.8. The summed E-state index contributed by atoms with van der Waals surface area (Å²) in [5.41, 5.74) is 8.99. The number of halogens is 1. The fraction of sp³-hybridized carbons (Fsp3) is 0.333. The zero-order valence-electron chi connectivity index (χ0n) is 12.2. The van der Waals surface area contributed by atoms with Gasteiger partial charge in [0.25, 0.3) is 0 Å². The molecule has 0 saturated carbocycles. The monoisotopic (exact) mass is 334 g/mol. The van der Waals surface area contributed by atoms with Crippen molar-refractivity contribution in [3.63, 3.8) is 0 Å². The molecule has 0 radical (unpaired) electrons. The largest absolute Gasteiger partial charge is 0.383 e. The molecular weight excluding hydrogens is 316 g/mol. The van der Waals surface area contributed by atoms with Gasteiger partial charge in [-0.1, -0.05) is 29.8 Å². The number of nitrogens with two attached hydrogens (primary N) is 1. The van der Waals surface area contributed by atoms with Gasteiger partial charge in [0.05, 0.1) is 0 Å². The molecule has 0 spiro atoms. The van der Waals surface area contributed by atoms with E-state index in [1.807, 2.05) is 19.1 Å². The van der Waals surface area contributed by atoms with E-state index in [1.54, 1.807) is 0 Å². The van der Waals surface area contributed by atoms with Crippen molar-refractivity contribution in [2.45, 2.75) is 33.6 Å². The summed E-state index contributed by atoms with van der Waals surface area (Å²) in [5, 5.41) is 3.32. The molecule has 1 heterocycles. The van der Waals surface area contributed by atoms with Crippen molar-refractivity contribution in [2.75, 3.05) is 11.1 Å². The lowest BCUT2D eigenvalue weighted by Crippen LogP contribution is -2.08. The van der Waals surface area contributed by atoms with Gasteiger partial charge in [0.15, 0.2) is 0 Å². The minimum atomic E-state index is 0.241. The van der Waals surface area contributed by atoms with Crippen molar-refractivity contribution in [3.8, 4) is 0 Å². The van der Waals surface area contributed by atoms with E-state index in [-0.39, 0.29) is 5.92 Å². The van der Waals surface area contributed by atoms with E-state index in [1.165, 1.54) is 5.56 Å². The number of hydrogen-bond donors (Lipinski definition) is 2. The van der Waals surface area contributed by atoms with Crippen LogP contribution in [0.5, 0.6) is 0 Å². The normalized spacial score (nSPS) is 10.9. The number of nitrogens with zero attached hydrogens (tertiary/aromatic N) is 2. The molecule has 2 rings (SSSR count). The first-order valence-corrected chi connectivity index (χ1v) is 7.35. The Kier molecular flexibility index (Phi) is 4.28. The van der Waals surface area contributed by atoms with E-state index in [2.05, 4.69) is 58.1 Å². The lowest BCUT2D eigenvalue weighted by atomic mass is 10.2. The van der Waals surface area contributed by atoms with Crippen LogP contribution in [0.1, 0.15) is 36.7 Å². The Bertz CT molecular complexity index is 638. The Morgan fingerprint density at radius 3 is 2.50 bits per heavy atom. The van der Waals surface area contributed by atoms with Crippen molar-refractivity contribution in [1.82, 2.24) is 9.97 Å². The molecule has 0 aliphatic carbocycles. The summed E-state index contributed by atoms with van der Waals surface area (Å²) in [7, 11) is 0. The van der Waals surface area contributed by atoms with E-state index in [9.17, 15) is 0 Å². The van der Waals surface area contributed by atoms with E-state index in [0.29, 0.717) is 5.82 Å². The zero-order chi connectivity index (χ0) is 14.9. The molecule has 1 aromatic heterocycles. The molecule has 1 aromatic carbocycles. The third kappa shape index (κ3) is 3.10. The fourth-order valence-corrected chi connectivity index (χ4v) is 2.04. The molecule has 0 amide bonds. The molecule has 0 aliphatic rings. The fourth-order valence-electron chi connectivity index (χ4n) is 1.79. The van der Waals surface area contributed by atoms with Gasteiger partial charge in [-0.15, -0.1) is 0 Å². The maximum absolute atomic E-state index is 5.97. The van der Waals surface area contributed by atoms with Gasteiger partial charge >= 0.3 is 0 Å². The highest BCUT2D eigenvalue weighted by molar-refractivity contribution is 9.10. The van der Waals surface area contributed by atoms with Crippen LogP contribution in [0.25, 0.3) is 0 Å². The summed E-state index contributed by atoms with van der Waals surface area (Å²) < 4.78 is 1.09. The van der Waals surface area contributed by atoms with Crippen molar-refractivity contribution < 1.29 is 0 Å². The van der Waals surface area contributed by atoms with E-state index in [0.717, 1.165) is 27.4 Å². The predicted molar refractivity (Wildman–Crippen MR) is 87.4 cm³/mol. The third-order valence-electron chi connectivity index (χ3n) is 3.14. The summed E-state index contributed by atoms with van der Waals surface area (Å²) in [5.74, 6) is 2.29. The average molecular weight is 335 g/mol. The van der Waals surface area contributed by atoms with Gasteiger partial charge in [-0.3, -0.25) is 0 Å². The van der Waals surface area contributed by atoms with Crippen LogP contribution in [0.2, 0.25) is 0 Å². The average Bonchev–Trinajstić information content (AvgIpc) is 2.38. The standard InChI is InChI=1S/C15H19BrN4/c1-8(2)14-19-13(17)10(4)15(20-14)18-11-5-6-12(16)9(3)7-11/h5-8H,1-4H3,(H3,17,18,19,20). The van der Waals surface area contributed by atoms with Crippen LogP contribution in [0, 0.1) is 13.8 Å². The summed E-state index contributed by atoms with van der Waals surface area (Å²) in [6, 6.07) is 6.08. The summed E-state index contributed by atoms with van der Waals surface area (Å²) in [4.78, 5) is 8.89. The first-order valence-electron chi connectivity index (χ1n) is 6.55. The molecule has 0 fully saturated rings. The second-order valence-electron chi connectivity index (χ2n) is 5.18. The molecule has 2 aromatic rings. The van der Waals surface area contributed by atoms with E-state index < -0.39 is 0 Å². The minimum Gasteiger partial charge on any atom is -0.383 e. The Morgan fingerprint density at radius 2 is 1.90 bits per heavy atom. The maximum Gasteiger partial charge on any atom is 0.139 e. The smallest absolute Gasteiger partial charge is 0.139 e. The van der Waals surface area contributed by atoms with Crippen LogP contribution in [-0.2, 0) is 0 Å². The Balaban J connectivity index is 2.39. The molecular formula is C15H19BrN4. The summed E-state index contributed by atoms with van der Waals surface area (Å²) in [6.45, 7) is 8.08. The quantitative estimate of drug-likeness (QED) is 0.877. The summed E-state index contributed by atoms with van der Waals surface area (Å²) in [6.07, 6.45) is 0. The predicted octanol–water partition coefficient (Wildman–Crippen LogP) is 4.31. The molecule has 4 nitrogen and oxygen atoms in total. The SMILES string of the molecule is Cc1cc(Nc2nc(C(C)C)nc(N)c2C)ccc1Br. The number of hydrogen-bond acceptors (Lipinski definition) is 4. The number of nitrogen functional groups attached to an aromatic ring is 1. The van der Waals surface area contributed by atoms with Crippen LogP contribution in [0.4, 0.5) is 17.3 Å². The van der Waals surface area contributed by atoms with Gasteiger partial charge < -0.3 is 11.1 Å². The van der Waals surface area contributed by atoms with Crippen LogP contribution < -0.4 is 11.1 Å². The van der Waals surface area contributed by atoms with E-state index in [4.69, 9.17) is 5.73 Å². The topological polar surface area (TPSA) is 63.8 Å². The number of benzene rings is 1. The van der Waals surface area contributed by atoms with Crippen molar-refractivity contribution in [3.05, 3.63) is 39.6 Å². The minimum absolute atomic E-state index is 0.241.